The maximum absolute atomic E-state index is 12.8. The van der Waals surface area contributed by atoms with Crippen LogP contribution in [0.25, 0.3) is 6.08 Å². The highest BCUT2D eigenvalue weighted by Gasteiger charge is 2.36. The highest BCUT2D eigenvalue weighted by atomic mass is 79.9. The molecule has 3 amide bonds. The number of nitrogens with zero attached hydrogens (tertiary/aromatic N) is 1. The molecule has 2 aromatic carbocycles. The number of anilines is 1. The van der Waals surface area contributed by atoms with E-state index in [2.05, 4.69) is 37.2 Å². The summed E-state index contributed by atoms with van der Waals surface area (Å²) < 4.78 is 16.8. The number of halogens is 2. The number of amides is 3. The van der Waals surface area contributed by atoms with Crippen LogP contribution in [0, 0.1) is 0 Å². The lowest BCUT2D eigenvalue weighted by atomic mass is 10.2. The Morgan fingerprint density at radius 3 is 2.31 bits per heavy atom. The van der Waals surface area contributed by atoms with E-state index in [0.717, 1.165) is 16.7 Å². The molecule has 1 saturated heterocycles. The second-order valence-electron chi connectivity index (χ2n) is 7.18. The lowest BCUT2D eigenvalue weighted by molar-refractivity contribution is -0.145. The third-order valence-electron chi connectivity index (χ3n) is 4.58. The smallest absolute Gasteiger partial charge is 0.344 e. The van der Waals surface area contributed by atoms with Crippen molar-refractivity contribution < 1.29 is 33.4 Å². The minimum absolute atomic E-state index is 0.174. The summed E-state index contributed by atoms with van der Waals surface area (Å²) in [5.41, 5.74) is 1.12. The molecule has 0 aliphatic carbocycles. The zero-order valence-electron chi connectivity index (χ0n) is 19.3. The standard InChI is InChI=1S/C24H22Br2N2O7S/c1-3-33-16-7-5-15(6-8-16)27-20(29)12-28-23(31)19(36-24(28)32)11-14-9-17(25)22(18(26)10-14)35-13-21(30)34-4-2/h5-11H,3-4,12-13H2,1-2H3,(H,27,29)/b19-11+. The van der Waals surface area contributed by atoms with E-state index in [9.17, 15) is 19.2 Å². The van der Waals surface area contributed by atoms with Crippen LogP contribution in [-0.2, 0) is 19.1 Å². The van der Waals surface area contributed by atoms with Gasteiger partial charge in [-0.25, -0.2) is 4.79 Å². The highest BCUT2D eigenvalue weighted by molar-refractivity contribution is 9.11. The monoisotopic (exact) mass is 640 g/mol. The average Bonchev–Trinajstić information content (AvgIpc) is 3.07. The van der Waals surface area contributed by atoms with Gasteiger partial charge in [-0.15, -0.1) is 0 Å². The van der Waals surface area contributed by atoms with Crippen LogP contribution in [-0.4, -0.2) is 54.3 Å². The first-order chi connectivity index (χ1) is 17.2. The number of hydrogen-bond donors (Lipinski definition) is 1. The van der Waals surface area contributed by atoms with Crippen LogP contribution in [0.5, 0.6) is 11.5 Å². The molecule has 0 radical (unpaired) electrons. The predicted octanol–water partition coefficient (Wildman–Crippen LogP) is 5.23. The molecule has 1 N–H and O–H groups in total. The molecule has 1 heterocycles. The van der Waals surface area contributed by atoms with Crippen molar-refractivity contribution in [2.24, 2.45) is 0 Å². The molecule has 12 heteroatoms. The number of benzene rings is 2. The summed E-state index contributed by atoms with van der Waals surface area (Å²) in [5.74, 6) is -0.513. The summed E-state index contributed by atoms with van der Waals surface area (Å²) in [6, 6.07) is 10.1. The van der Waals surface area contributed by atoms with Crippen LogP contribution in [0.15, 0.2) is 50.2 Å². The fraction of sp³-hybridized carbons (Fsp3) is 0.250. The fourth-order valence-electron chi connectivity index (χ4n) is 3.07. The zero-order chi connectivity index (χ0) is 26.2. The molecule has 9 nitrogen and oxygen atoms in total. The molecular formula is C24H22Br2N2O7S. The van der Waals surface area contributed by atoms with E-state index in [4.69, 9.17) is 14.2 Å². The van der Waals surface area contributed by atoms with Crippen molar-refractivity contribution in [1.82, 2.24) is 4.90 Å². The molecular weight excluding hydrogens is 620 g/mol. The summed E-state index contributed by atoms with van der Waals surface area (Å²) in [4.78, 5) is 50.3. The van der Waals surface area contributed by atoms with Gasteiger partial charge >= 0.3 is 5.97 Å². The van der Waals surface area contributed by atoms with Gasteiger partial charge in [0.05, 0.1) is 27.1 Å². The Balaban J connectivity index is 1.65. The van der Waals surface area contributed by atoms with Crippen LogP contribution in [0.4, 0.5) is 10.5 Å². The topological polar surface area (TPSA) is 111 Å². The number of carbonyl (C=O) groups excluding carboxylic acids is 4. The van der Waals surface area contributed by atoms with Gasteiger partial charge in [0.1, 0.15) is 18.0 Å². The van der Waals surface area contributed by atoms with Crippen molar-refractivity contribution in [2.45, 2.75) is 13.8 Å². The number of carbonyl (C=O) groups is 4. The molecule has 1 aliphatic heterocycles. The van der Waals surface area contributed by atoms with Crippen LogP contribution in [0.1, 0.15) is 19.4 Å². The van der Waals surface area contributed by atoms with E-state index < -0.39 is 29.6 Å². The van der Waals surface area contributed by atoms with Crippen LogP contribution < -0.4 is 14.8 Å². The summed E-state index contributed by atoms with van der Waals surface area (Å²) in [6.45, 7) is 3.68. The van der Waals surface area contributed by atoms with Crippen LogP contribution in [0.3, 0.4) is 0 Å². The van der Waals surface area contributed by atoms with Gasteiger partial charge in [-0.05, 0) is 106 Å². The number of ether oxygens (including phenoxy) is 3. The average molecular weight is 642 g/mol. The van der Waals surface area contributed by atoms with E-state index in [0.29, 0.717) is 38.3 Å². The molecule has 1 aliphatic rings. The van der Waals surface area contributed by atoms with E-state index in [1.807, 2.05) is 6.92 Å². The molecule has 190 valence electrons. The zero-order valence-corrected chi connectivity index (χ0v) is 23.3. The second kappa shape index (κ2) is 12.9. The van der Waals surface area contributed by atoms with Crippen molar-refractivity contribution in [3.05, 3.63) is 55.8 Å². The Morgan fingerprint density at radius 1 is 1.03 bits per heavy atom. The molecule has 1 fully saturated rings. The number of esters is 1. The van der Waals surface area contributed by atoms with Crippen LogP contribution >= 0.6 is 43.6 Å². The predicted molar refractivity (Wildman–Crippen MR) is 143 cm³/mol. The minimum Gasteiger partial charge on any atom is -0.494 e. The number of imide groups is 1. The molecule has 0 aromatic heterocycles. The third-order valence-corrected chi connectivity index (χ3v) is 6.67. The lowest BCUT2D eigenvalue weighted by Crippen LogP contribution is -2.36. The third kappa shape index (κ3) is 7.34. The van der Waals surface area contributed by atoms with Gasteiger partial charge in [0, 0.05) is 5.69 Å². The molecule has 0 saturated carbocycles. The van der Waals surface area contributed by atoms with Crippen molar-refractivity contribution in [3.63, 3.8) is 0 Å². The van der Waals surface area contributed by atoms with Gasteiger partial charge in [-0.3, -0.25) is 19.3 Å². The lowest BCUT2D eigenvalue weighted by Gasteiger charge is -2.13. The summed E-state index contributed by atoms with van der Waals surface area (Å²) in [5, 5.41) is 2.12. The van der Waals surface area contributed by atoms with Gasteiger partial charge in [-0.1, -0.05) is 0 Å². The van der Waals surface area contributed by atoms with Gasteiger partial charge in [0.25, 0.3) is 11.1 Å². The van der Waals surface area contributed by atoms with Gasteiger partial charge < -0.3 is 19.5 Å². The van der Waals surface area contributed by atoms with E-state index in [1.165, 1.54) is 0 Å². The van der Waals surface area contributed by atoms with Crippen molar-refractivity contribution in [3.8, 4) is 11.5 Å². The molecule has 0 unspecified atom stereocenters. The number of nitrogens with one attached hydrogen (secondary N) is 1. The molecule has 3 rings (SSSR count). The Labute approximate surface area is 228 Å². The first-order valence-electron chi connectivity index (χ1n) is 10.8. The molecule has 0 spiro atoms. The van der Waals surface area contributed by atoms with Crippen LogP contribution in [0.2, 0.25) is 0 Å². The maximum Gasteiger partial charge on any atom is 0.344 e. The Bertz CT molecular complexity index is 1180. The van der Waals surface area contributed by atoms with E-state index in [-0.39, 0.29) is 18.1 Å². The Kier molecular flexibility index (Phi) is 9.97. The van der Waals surface area contributed by atoms with E-state index >= 15 is 0 Å². The van der Waals surface area contributed by atoms with Gasteiger partial charge in [0.15, 0.2) is 6.61 Å². The van der Waals surface area contributed by atoms with Crippen molar-refractivity contribution in [1.29, 1.82) is 0 Å². The van der Waals surface area contributed by atoms with E-state index in [1.54, 1.807) is 49.4 Å². The fourth-order valence-corrected chi connectivity index (χ4v) is 5.36. The molecule has 0 atom stereocenters. The highest BCUT2D eigenvalue weighted by Crippen LogP contribution is 2.37. The van der Waals surface area contributed by atoms with Gasteiger partial charge in [-0.2, -0.15) is 0 Å². The Hall–Kier alpha value is -2.83. The quantitative estimate of drug-likeness (QED) is 0.277. The largest absolute Gasteiger partial charge is 0.494 e. The number of thioether (sulfide) groups is 1. The summed E-state index contributed by atoms with van der Waals surface area (Å²) in [6.07, 6.45) is 1.54. The van der Waals surface area contributed by atoms with Crippen molar-refractivity contribution in [2.75, 3.05) is 31.7 Å². The number of hydrogen-bond acceptors (Lipinski definition) is 8. The molecule has 0 bridgehead atoms. The summed E-state index contributed by atoms with van der Waals surface area (Å²) in [7, 11) is 0. The van der Waals surface area contributed by atoms with Crippen molar-refractivity contribution >= 4 is 78.4 Å². The van der Waals surface area contributed by atoms with Gasteiger partial charge in [0.2, 0.25) is 5.91 Å². The molecule has 36 heavy (non-hydrogen) atoms. The maximum atomic E-state index is 12.8. The Morgan fingerprint density at radius 2 is 1.69 bits per heavy atom. The molecule has 2 aromatic rings. The summed E-state index contributed by atoms with van der Waals surface area (Å²) >= 11 is 7.52. The second-order valence-corrected chi connectivity index (χ2v) is 9.88. The first kappa shape index (κ1) is 27.8. The number of rotatable bonds is 10. The normalized spacial score (nSPS) is 14.2. The SMILES string of the molecule is CCOC(=O)COc1c(Br)cc(/C=C2/SC(=O)N(CC(=O)Nc3ccc(OCC)cc3)C2=O)cc1Br. The minimum atomic E-state index is -0.568. The first-order valence-corrected chi connectivity index (χ1v) is 13.2.